The molecule has 6 heteroatoms. The van der Waals surface area contributed by atoms with Crippen LogP contribution in [-0.4, -0.2) is 19.4 Å². The van der Waals surface area contributed by atoms with Gasteiger partial charge in [0.1, 0.15) is 12.4 Å². The van der Waals surface area contributed by atoms with Gasteiger partial charge in [0, 0.05) is 27.9 Å². The highest BCUT2D eigenvalue weighted by molar-refractivity contribution is 9.10. The van der Waals surface area contributed by atoms with Gasteiger partial charge in [-0.05, 0) is 43.3 Å². The normalized spacial score (nSPS) is 12.0. The van der Waals surface area contributed by atoms with E-state index in [1.54, 1.807) is 18.2 Å². The number of anilines is 1. The average molecular weight is 405 g/mol. The monoisotopic (exact) mass is 403 g/mol. The summed E-state index contributed by atoms with van der Waals surface area (Å²) in [6.07, 6.45) is -0.291. The SMILES string of the molecule is CCOC(COc1cc(Cl)ccc1Cl)Nc1ccc(Br)cc1. The molecule has 118 valence electrons. The van der Waals surface area contributed by atoms with E-state index in [0.717, 1.165) is 10.2 Å². The summed E-state index contributed by atoms with van der Waals surface area (Å²) in [4.78, 5) is 0. The number of nitrogens with one attached hydrogen (secondary N) is 1. The molecule has 0 aliphatic carbocycles. The maximum absolute atomic E-state index is 6.08. The van der Waals surface area contributed by atoms with Gasteiger partial charge in [-0.3, -0.25) is 0 Å². The van der Waals surface area contributed by atoms with Crippen molar-refractivity contribution in [1.82, 2.24) is 0 Å². The lowest BCUT2D eigenvalue weighted by Gasteiger charge is -2.20. The Kier molecular flexibility index (Phi) is 6.83. The highest BCUT2D eigenvalue weighted by Crippen LogP contribution is 2.28. The maximum atomic E-state index is 6.08. The van der Waals surface area contributed by atoms with Gasteiger partial charge in [-0.2, -0.15) is 0 Å². The minimum atomic E-state index is -0.291. The summed E-state index contributed by atoms with van der Waals surface area (Å²) in [5.74, 6) is 0.538. The summed E-state index contributed by atoms with van der Waals surface area (Å²) in [5.41, 5.74) is 0.947. The minimum Gasteiger partial charge on any atom is -0.487 e. The summed E-state index contributed by atoms with van der Waals surface area (Å²) in [6, 6.07) is 12.9. The Labute approximate surface area is 148 Å². The average Bonchev–Trinajstić information content (AvgIpc) is 2.50. The number of halogens is 3. The quantitative estimate of drug-likeness (QED) is 0.608. The zero-order valence-electron chi connectivity index (χ0n) is 12.0. The Hall–Kier alpha value is -0.940. The molecule has 0 heterocycles. The second-order valence-electron chi connectivity index (χ2n) is 4.48. The molecule has 1 unspecified atom stereocenters. The van der Waals surface area contributed by atoms with Crippen LogP contribution in [-0.2, 0) is 4.74 Å². The first-order valence-corrected chi connectivity index (χ1v) is 8.35. The molecule has 2 aromatic carbocycles. The Morgan fingerprint density at radius 2 is 1.86 bits per heavy atom. The van der Waals surface area contributed by atoms with Crippen LogP contribution in [0.4, 0.5) is 5.69 Å². The number of hydrogen-bond donors (Lipinski definition) is 1. The van der Waals surface area contributed by atoms with Crippen LogP contribution >= 0.6 is 39.1 Å². The first kappa shape index (κ1) is 17.4. The summed E-state index contributed by atoms with van der Waals surface area (Å²) >= 11 is 15.4. The van der Waals surface area contributed by atoms with Gasteiger partial charge < -0.3 is 14.8 Å². The molecule has 0 aliphatic heterocycles. The summed E-state index contributed by atoms with van der Waals surface area (Å²) in [7, 11) is 0. The molecule has 1 N–H and O–H groups in total. The molecular formula is C16H16BrCl2NO2. The predicted octanol–water partition coefficient (Wildman–Crippen LogP) is 5.61. The lowest BCUT2D eigenvalue weighted by molar-refractivity contribution is 0.0462. The molecule has 0 aromatic heterocycles. The summed E-state index contributed by atoms with van der Waals surface area (Å²) in [6.45, 7) is 2.81. The molecule has 0 aliphatic rings. The lowest BCUT2D eigenvalue weighted by Crippen LogP contribution is -2.30. The second kappa shape index (κ2) is 8.63. The fourth-order valence-corrected chi connectivity index (χ4v) is 2.42. The van der Waals surface area contributed by atoms with Gasteiger partial charge >= 0.3 is 0 Å². The van der Waals surface area contributed by atoms with E-state index in [0.29, 0.717) is 29.0 Å². The fraction of sp³-hybridized carbons (Fsp3) is 0.250. The molecule has 1 atom stereocenters. The smallest absolute Gasteiger partial charge is 0.162 e. The van der Waals surface area contributed by atoms with Gasteiger partial charge in [-0.25, -0.2) is 0 Å². The molecule has 2 rings (SSSR count). The van der Waals surface area contributed by atoms with Gasteiger partial charge in [0.15, 0.2) is 6.23 Å². The second-order valence-corrected chi connectivity index (χ2v) is 6.24. The third-order valence-electron chi connectivity index (χ3n) is 2.82. The van der Waals surface area contributed by atoms with Crippen molar-refractivity contribution >= 4 is 44.8 Å². The third kappa shape index (κ3) is 5.36. The van der Waals surface area contributed by atoms with Gasteiger partial charge in [0.05, 0.1) is 5.02 Å². The maximum Gasteiger partial charge on any atom is 0.162 e. The first-order chi connectivity index (χ1) is 10.6. The Balaban J connectivity index is 1.99. The number of hydrogen-bond acceptors (Lipinski definition) is 3. The molecule has 2 aromatic rings. The Morgan fingerprint density at radius 3 is 2.55 bits per heavy atom. The molecule has 0 amide bonds. The summed E-state index contributed by atoms with van der Waals surface area (Å²) in [5, 5.41) is 4.36. The van der Waals surface area contributed by atoms with Crippen LogP contribution in [0.2, 0.25) is 10.0 Å². The van der Waals surface area contributed by atoms with E-state index in [2.05, 4.69) is 21.2 Å². The van der Waals surface area contributed by atoms with Crippen molar-refractivity contribution in [2.24, 2.45) is 0 Å². The fourth-order valence-electron chi connectivity index (χ4n) is 1.82. The number of ether oxygens (including phenoxy) is 2. The van der Waals surface area contributed by atoms with Crippen molar-refractivity contribution in [1.29, 1.82) is 0 Å². The standard InChI is InChI=1S/C16H16BrCl2NO2/c1-2-21-16(20-13-6-3-11(17)4-7-13)10-22-15-9-12(18)5-8-14(15)19/h3-9,16,20H,2,10H2,1H3. The molecular weight excluding hydrogens is 389 g/mol. The molecule has 0 saturated heterocycles. The highest BCUT2D eigenvalue weighted by atomic mass is 79.9. The van der Waals surface area contributed by atoms with E-state index >= 15 is 0 Å². The van der Waals surface area contributed by atoms with Crippen LogP contribution in [0, 0.1) is 0 Å². The number of benzene rings is 2. The van der Waals surface area contributed by atoms with E-state index in [9.17, 15) is 0 Å². The minimum absolute atomic E-state index is 0.291. The van der Waals surface area contributed by atoms with Crippen LogP contribution in [0.5, 0.6) is 5.75 Å². The molecule has 22 heavy (non-hydrogen) atoms. The molecule has 3 nitrogen and oxygen atoms in total. The lowest BCUT2D eigenvalue weighted by atomic mass is 10.3. The van der Waals surface area contributed by atoms with Crippen LogP contribution in [0.25, 0.3) is 0 Å². The van der Waals surface area contributed by atoms with Crippen LogP contribution in [0.3, 0.4) is 0 Å². The van der Waals surface area contributed by atoms with Crippen molar-refractivity contribution in [2.45, 2.75) is 13.2 Å². The first-order valence-electron chi connectivity index (χ1n) is 6.80. The van der Waals surface area contributed by atoms with E-state index in [1.165, 1.54) is 0 Å². The van der Waals surface area contributed by atoms with Gasteiger partial charge in [-0.15, -0.1) is 0 Å². The van der Waals surface area contributed by atoms with Gasteiger partial charge in [0.2, 0.25) is 0 Å². The third-order valence-corrected chi connectivity index (χ3v) is 3.90. The number of rotatable bonds is 7. The van der Waals surface area contributed by atoms with Gasteiger partial charge in [0.25, 0.3) is 0 Å². The van der Waals surface area contributed by atoms with Crippen molar-refractivity contribution in [3.63, 3.8) is 0 Å². The molecule has 0 spiro atoms. The largest absolute Gasteiger partial charge is 0.487 e. The Bertz CT molecular complexity index is 608. The zero-order valence-corrected chi connectivity index (χ0v) is 15.1. The molecule has 0 bridgehead atoms. The van der Waals surface area contributed by atoms with E-state index in [4.69, 9.17) is 32.7 Å². The van der Waals surface area contributed by atoms with E-state index in [1.807, 2.05) is 31.2 Å². The van der Waals surface area contributed by atoms with E-state index in [-0.39, 0.29) is 6.23 Å². The molecule has 0 radical (unpaired) electrons. The van der Waals surface area contributed by atoms with E-state index < -0.39 is 0 Å². The van der Waals surface area contributed by atoms with Crippen LogP contribution < -0.4 is 10.1 Å². The Morgan fingerprint density at radius 1 is 1.14 bits per heavy atom. The molecule has 0 saturated carbocycles. The van der Waals surface area contributed by atoms with Crippen molar-refractivity contribution in [3.8, 4) is 5.75 Å². The molecule has 0 fully saturated rings. The van der Waals surface area contributed by atoms with Crippen LogP contribution in [0.1, 0.15) is 6.92 Å². The van der Waals surface area contributed by atoms with Gasteiger partial charge in [-0.1, -0.05) is 39.1 Å². The van der Waals surface area contributed by atoms with Crippen molar-refractivity contribution in [3.05, 3.63) is 57.0 Å². The van der Waals surface area contributed by atoms with Crippen molar-refractivity contribution < 1.29 is 9.47 Å². The zero-order chi connectivity index (χ0) is 15.9. The highest BCUT2D eigenvalue weighted by Gasteiger charge is 2.11. The topological polar surface area (TPSA) is 30.5 Å². The van der Waals surface area contributed by atoms with Crippen molar-refractivity contribution in [2.75, 3.05) is 18.5 Å². The summed E-state index contributed by atoms with van der Waals surface area (Å²) < 4.78 is 12.4. The van der Waals surface area contributed by atoms with Crippen LogP contribution in [0.15, 0.2) is 46.9 Å². The predicted molar refractivity (Wildman–Crippen MR) is 95.1 cm³/mol.